The number of aromatic nitrogens is 1. The van der Waals surface area contributed by atoms with E-state index >= 15 is 0 Å². The van der Waals surface area contributed by atoms with E-state index in [9.17, 15) is 0 Å². The maximum Gasteiger partial charge on any atom is 0.114 e. The number of thiazole rings is 1. The molecule has 0 radical (unpaired) electrons. The van der Waals surface area contributed by atoms with Crippen LogP contribution in [0.4, 0.5) is 0 Å². The second-order valence-electron chi connectivity index (χ2n) is 3.96. The third-order valence-electron chi connectivity index (χ3n) is 2.58. The van der Waals surface area contributed by atoms with E-state index in [0.29, 0.717) is 0 Å². The summed E-state index contributed by atoms with van der Waals surface area (Å²) in [6.45, 7) is 4.13. The third-order valence-corrected chi connectivity index (χ3v) is 3.61. The molecular weight excluding hydrogens is 216 g/mol. The molecule has 1 aromatic heterocycles. The summed E-state index contributed by atoms with van der Waals surface area (Å²) in [5.74, 6) is 0. The van der Waals surface area contributed by atoms with Gasteiger partial charge < -0.3 is 5.32 Å². The Balaban J connectivity index is 2.32. The number of nitrogens with zero attached hydrogens (tertiary/aromatic N) is 1. The summed E-state index contributed by atoms with van der Waals surface area (Å²) in [5, 5.41) is 6.54. The van der Waals surface area contributed by atoms with Gasteiger partial charge in [0, 0.05) is 11.1 Å². The summed E-state index contributed by atoms with van der Waals surface area (Å²) >= 11 is 1.71. The zero-order chi connectivity index (χ0) is 11.5. The summed E-state index contributed by atoms with van der Waals surface area (Å²) in [7, 11) is 1.97. The van der Waals surface area contributed by atoms with Crippen LogP contribution in [-0.2, 0) is 0 Å². The minimum atomic E-state index is 0.208. The number of aryl methyl sites for hydroxylation is 2. The Bertz CT molecular complexity index is 459. The van der Waals surface area contributed by atoms with Crippen LogP contribution in [0.1, 0.15) is 27.9 Å². The van der Waals surface area contributed by atoms with Crippen LogP contribution in [0.2, 0.25) is 0 Å². The molecule has 2 rings (SSSR count). The third kappa shape index (κ3) is 2.31. The number of rotatable bonds is 3. The zero-order valence-corrected chi connectivity index (χ0v) is 10.6. The van der Waals surface area contributed by atoms with Crippen molar-refractivity contribution in [1.82, 2.24) is 10.3 Å². The van der Waals surface area contributed by atoms with Gasteiger partial charge in [0.1, 0.15) is 5.01 Å². The van der Waals surface area contributed by atoms with Crippen molar-refractivity contribution >= 4 is 11.3 Å². The maximum atomic E-state index is 4.54. The van der Waals surface area contributed by atoms with E-state index in [1.807, 2.05) is 14.0 Å². The van der Waals surface area contributed by atoms with Crippen molar-refractivity contribution in [3.63, 3.8) is 0 Å². The van der Waals surface area contributed by atoms with Crippen molar-refractivity contribution in [3.05, 3.63) is 51.5 Å². The average molecular weight is 232 g/mol. The molecule has 0 aliphatic carbocycles. The normalized spacial score (nSPS) is 12.7. The molecule has 1 aromatic carbocycles. The van der Waals surface area contributed by atoms with Crippen molar-refractivity contribution in [2.75, 3.05) is 7.05 Å². The zero-order valence-electron chi connectivity index (χ0n) is 9.82. The lowest BCUT2D eigenvalue weighted by molar-refractivity contribution is 0.685. The van der Waals surface area contributed by atoms with Crippen LogP contribution < -0.4 is 5.32 Å². The molecule has 1 heterocycles. The first-order valence-corrected chi connectivity index (χ1v) is 6.24. The molecule has 0 fully saturated rings. The minimum absolute atomic E-state index is 0.208. The molecule has 0 saturated carbocycles. The SMILES string of the molecule is CNC(c1ccc(C)cc1)c1nc(C)cs1. The molecule has 0 amide bonds. The van der Waals surface area contributed by atoms with Gasteiger partial charge in [-0.2, -0.15) is 0 Å². The van der Waals surface area contributed by atoms with Crippen LogP contribution in [-0.4, -0.2) is 12.0 Å². The van der Waals surface area contributed by atoms with Gasteiger partial charge >= 0.3 is 0 Å². The molecular formula is C13H16N2S. The maximum absolute atomic E-state index is 4.54. The summed E-state index contributed by atoms with van der Waals surface area (Å²) in [4.78, 5) is 4.54. The first-order chi connectivity index (χ1) is 7.70. The number of hydrogen-bond donors (Lipinski definition) is 1. The fraction of sp³-hybridized carbons (Fsp3) is 0.308. The largest absolute Gasteiger partial charge is 0.307 e. The molecule has 0 bridgehead atoms. The van der Waals surface area contributed by atoms with Gasteiger partial charge in [-0.3, -0.25) is 0 Å². The number of benzene rings is 1. The van der Waals surface area contributed by atoms with E-state index in [1.165, 1.54) is 11.1 Å². The fourth-order valence-electron chi connectivity index (χ4n) is 1.70. The van der Waals surface area contributed by atoms with Crippen LogP contribution in [0.15, 0.2) is 29.6 Å². The lowest BCUT2D eigenvalue weighted by Crippen LogP contribution is -2.17. The average Bonchev–Trinajstić information content (AvgIpc) is 2.69. The summed E-state index contributed by atoms with van der Waals surface area (Å²) in [6, 6.07) is 8.81. The molecule has 2 aromatic rings. The van der Waals surface area contributed by atoms with Crippen molar-refractivity contribution < 1.29 is 0 Å². The van der Waals surface area contributed by atoms with Gasteiger partial charge in [0.15, 0.2) is 0 Å². The molecule has 3 heteroatoms. The Hall–Kier alpha value is -1.19. The van der Waals surface area contributed by atoms with Gasteiger partial charge in [0.2, 0.25) is 0 Å². The standard InChI is InChI=1S/C13H16N2S/c1-9-4-6-11(7-5-9)12(14-3)13-15-10(2)8-16-13/h4-8,12,14H,1-3H3. The summed E-state index contributed by atoms with van der Waals surface area (Å²) in [5.41, 5.74) is 3.64. The Morgan fingerprint density at radius 2 is 1.88 bits per heavy atom. The van der Waals surface area contributed by atoms with Gasteiger partial charge in [-0.1, -0.05) is 29.8 Å². The molecule has 16 heavy (non-hydrogen) atoms. The van der Waals surface area contributed by atoms with E-state index in [2.05, 4.69) is 46.9 Å². The molecule has 0 aliphatic heterocycles. The van der Waals surface area contributed by atoms with Crippen molar-refractivity contribution in [1.29, 1.82) is 0 Å². The molecule has 0 spiro atoms. The Kier molecular flexibility index (Phi) is 3.36. The van der Waals surface area contributed by atoms with Crippen molar-refractivity contribution in [2.24, 2.45) is 0 Å². The highest BCUT2D eigenvalue weighted by atomic mass is 32.1. The Morgan fingerprint density at radius 3 is 2.38 bits per heavy atom. The van der Waals surface area contributed by atoms with Crippen LogP contribution in [0.3, 0.4) is 0 Å². The van der Waals surface area contributed by atoms with E-state index in [4.69, 9.17) is 0 Å². The number of hydrogen-bond acceptors (Lipinski definition) is 3. The number of nitrogens with one attached hydrogen (secondary N) is 1. The quantitative estimate of drug-likeness (QED) is 0.879. The highest BCUT2D eigenvalue weighted by Crippen LogP contribution is 2.24. The van der Waals surface area contributed by atoms with Crippen LogP contribution in [0.25, 0.3) is 0 Å². The molecule has 1 N–H and O–H groups in total. The highest BCUT2D eigenvalue weighted by molar-refractivity contribution is 7.09. The summed E-state index contributed by atoms with van der Waals surface area (Å²) in [6.07, 6.45) is 0. The van der Waals surface area contributed by atoms with Gasteiger partial charge in [0.25, 0.3) is 0 Å². The van der Waals surface area contributed by atoms with Gasteiger partial charge in [-0.25, -0.2) is 4.98 Å². The van der Waals surface area contributed by atoms with Crippen molar-refractivity contribution in [2.45, 2.75) is 19.9 Å². The van der Waals surface area contributed by atoms with Crippen LogP contribution >= 0.6 is 11.3 Å². The molecule has 0 aliphatic rings. The van der Waals surface area contributed by atoms with Gasteiger partial charge in [0.05, 0.1) is 6.04 Å². The van der Waals surface area contributed by atoms with Crippen molar-refractivity contribution in [3.8, 4) is 0 Å². The predicted octanol–water partition coefficient (Wildman–Crippen LogP) is 3.07. The smallest absolute Gasteiger partial charge is 0.114 e. The Morgan fingerprint density at radius 1 is 1.19 bits per heavy atom. The van der Waals surface area contributed by atoms with E-state index in [1.54, 1.807) is 11.3 Å². The monoisotopic (exact) mass is 232 g/mol. The predicted molar refractivity (Wildman–Crippen MR) is 68.9 cm³/mol. The van der Waals surface area contributed by atoms with E-state index in [0.717, 1.165) is 10.7 Å². The van der Waals surface area contributed by atoms with E-state index in [-0.39, 0.29) is 6.04 Å². The highest BCUT2D eigenvalue weighted by Gasteiger charge is 2.14. The van der Waals surface area contributed by atoms with E-state index < -0.39 is 0 Å². The second kappa shape index (κ2) is 4.76. The first kappa shape index (κ1) is 11.3. The van der Waals surface area contributed by atoms with Crippen LogP contribution in [0, 0.1) is 13.8 Å². The molecule has 1 atom stereocenters. The molecule has 0 saturated heterocycles. The topological polar surface area (TPSA) is 24.9 Å². The molecule has 84 valence electrons. The summed E-state index contributed by atoms with van der Waals surface area (Å²) < 4.78 is 0. The van der Waals surface area contributed by atoms with Gasteiger partial charge in [-0.05, 0) is 26.5 Å². The lowest BCUT2D eigenvalue weighted by Gasteiger charge is -2.13. The lowest BCUT2D eigenvalue weighted by atomic mass is 10.1. The van der Waals surface area contributed by atoms with Gasteiger partial charge in [-0.15, -0.1) is 11.3 Å². The second-order valence-corrected chi connectivity index (χ2v) is 4.85. The fourth-order valence-corrected chi connectivity index (χ4v) is 2.63. The Labute approximate surface area is 100 Å². The molecule has 1 unspecified atom stereocenters. The minimum Gasteiger partial charge on any atom is -0.307 e. The first-order valence-electron chi connectivity index (χ1n) is 5.36. The molecule has 2 nitrogen and oxygen atoms in total. The van der Waals surface area contributed by atoms with Crippen LogP contribution in [0.5, 0.6) is 0 Å².